The number of fused-ring (bicyclic) bond motifs is 1. The van der Waals surface area contributed by atoms with Crippen LogP contribution in [0, 0.1) is 0 Å². The first-order chi connectivity index (χ1) is 13.2. The Morgan fingerprint density at radius 1 is 0.926 bits per heavy atom. The van der Waals surface area contributed by atoms with E-state index < -0.39 is 0 Å². The van der Waals surface area contributed by atoms with Crippen LogP contribution in [0.1, 0.15) is 19.8 Å². The number of nitrogens with one attached hydrogen (secondary N) is 1. The number of anilines is 1. The molecule has 6 heteroatoms. The Morgan fingerprint density at radius 3 is 2.26 bits per heavy atom. The van der Waals surface area contributed by atoms with Crippen LogP contribution < -0.4 is 19.5 Å². The van der Waals surface area contributed by atoms with E-state index in [1.165, 1.54) is 0 Å². The number of methoxy groups -OCH3 is 3. The first kappa shape index (κ1) is 18.8. The highest BCUT2D eigenvalue weighted by molar-refractivity contribution is 5.90. The molecule has 3 aromatic rings. The van der Waals surface area contributed by atoms with Crippen molar-refractivity contribution < 1.29 is 14.2 Å². The average Bonchev–Trinajstić information content (AvgIpc) is 2.72. The van der Waals surface area contributed by atoms with Crippen LogP contribution in [0.2, 0.25) is 0 Å². The van der Waals surface area contributed by atoms with Crippen molar-refractivity contribution in [1.29, 1.82) is 0 Å². The van der Waals surface area contributed by atoms with Crippen molar-refractivity contribution in [2.45, 2.75) is 19.8 Å². The molecular weight excluding hydrogens is 342 g/mol. The summed E-state index contributed by atoms with van der Waals surface area (Å²) in [6.45, 7) is 3.04. The van der Waals surface area contributed by atoms with Gasteiger partial charge in [-0.1, -0.05) is 25.5 Å². The number of ether oxygens (including phenoxy) is 3. The maximum absolute atomic E-state index is 5.46. The Labute approximate surface area is 159 Å². The van der Waals surface area contributed by atoms with Gasteiger partial charge in [0.05, 0.1) is 26.8 Å². The van der Waals surface area contributed by atoms with E-state index in [1.807, 2.05) is 36.4 Å². The Balaban J connectivity index is 2.13. The summed E-state index contributed by atoms with van der Waals surface area (Å²) in [5, 5.41) is 4.44. The molecule has 0 unspecified atom stereocenters. The van der Waals surface area contributed by atoms with E-state index in [2.05, 4.69) is 12.2 Å². The molecule has 0 fully saturated rings. The monoisotopic (exact) mass is 367 g/mol. The van der Waals surface area contributed by atoms with E-state index >= 15 is 0 Å². The van der Waals surface area contributed by atoms with Gasteiger partial charge in [-0.15, -0.1) is 0 Å². The molecule has 1 N–H and O–H groups in total. The zero-order valence-electron chi connectivity index (χ0n) is 16.2. The normalized spacial score (nSPS) is 10.7. The fourth-order valence-corrected chi connectivity index (χ4v) is 2.93. The predicted molar refractivity (Wildman–Crippen MR) is 108 cm³/mol. The molecule has 0 aliphatic rings. The molecule has 0 saturated carbocycles. The number of aromatic nitrogens is 2. The van der Waals surface area contributed by atoms with Gasteiger partial charge in [-0.05, 0) is 30.7 Å². The summed E-state index contributed by atoms with van der Waals surface area (Å²) >= 11 is 0. The van der Waals surface area contributed by atoms with Crippen LogP contribution in [0.4, 0.5) is 5.82 Å². The smallest absolute Gasteiger partial charge is 0.203 e. The lowest BCUT2D eigenvalue weighted by Crippen LogP contribution is -2.05. The van der Waals surface area contributed by atoms with E-state index in [0.717, 1.165) is 41.7 Å². The van der Waals surface area contributed by atoms with Gasteiger partial charge in [0.2, 0.25) is 5.75 Å². The summed E-state index contributed by atoms with van der Waals surface area (Å²) < 4.78 is 16.3. The van der Waals surface area contributed by atoms with Crippen LogP contribution in [0.15, 0.2) is 36.4 Å². The van der Waals surface area contributed by atoms with Crippen molar-refractivity contribution in [3.05, 3.63) is 36.4 Å². The van der Waals surface area contributed by atoms with E-state index in [0.29, 0.717) is 23.1 Å². The molecule has 0 amide bonds. The third kappa shape index (κ3) is 3.89. The minimum atomic E-state index is 0.547. The van der Waals surface area contributed by atoms with Gasteiger partial charge < -0.3 is 19.5 Å². The van der Waals surface area contributed by atoms with Crippen LogP contribution in [0.3, 0.4) is 0 Å². The van der Waals surface area contributed by atoms with Gasteiger partial charge in [-0.3, -0.25) is 0 Å². The van der Waals surface area contributed by atoms with Crippen molar-refractivity contribution in [2.24, 2.45) is 0 Å². The molecule has 1 heterocycles. The second-order valence-electron chi connectivity index (χ2n) is 6.11. The quantitative estimate of drug-likeness (QED) is 0.590. The number of rotatable bonds is 8. The SMILES string of the molecule is CCCCNc1nc(-c2cc(OC)c(OC)c(OC)c2)nc2ccccc12. The van der Waals surface area contributed by atoms with Crippen LogP contribution in [0.5, 0.6) is 17.2 Å². The molecule has 0 spiro atoms. The highest BCUT2D eigenvalue weighted by atomic mass is 16.5. The minimum Gasteiger partial charge on any atom is -0.493 e. The number of unbranched alkanes of at least 4 members (excludes halogenated alkanes) is 1. The Hall–Kier alpha value is -3.02. The zero-order valence-corrected chi connectivity index (χ0v) is 16.2. The fourth-order valence-electron chi connectivity index (χ4n) is 2.93. The molecule has 1 aromatic heterocycles. The van der Waals surface area contributed by atoms with Crippen molar-refractivity contribution >= 4 is 16.7 Å². The molecular formula is C21H25N3O3. The van der Waals surface area contributed by atoms with E-state index in [1.54, 1.807) is 21.3 Å². The van der Waals surface area contributed by atoms with Crippen molar-refractivity contribution in [1.82, 2.24) is 9.97 Å². The van der Waals surface area contributed by atoms with Crippen LogP contribution >= 0.6 is 0 Å². The molecule has 0 atom stereocenters. The maximum Gasteiger partial charge on any atom is 0.203 e. The first-order valence-corrected chi connectivity index (χ1v) is 9.02. The Morgan fingerprint density at radius 2 is 1.63 bits per heavy atom. The third-order valence-corrected chi connectivity index (χ3v) is 4.35. The summed E-state index contributed by atoms with van der Waals surface area (Å²) in [4.78, 5) is 9.51. The molecule has 0 aliphatic heterocycles. The third-order valence-electron chi connectivity index (χ3n) is 4.35. The summed E-state index contributed by atoms with van der Waals surface area (Å²) in [6.07, 6.45) is 2.20. The molecule has 3 rings (SSSR count). The summed E-state index contributed by atoms with van der Waals surface area (Å²) in [7, 11) is 4.78. The second-order valence-corrected chi connectivity index (χ2v) is 6.11. The number of benzene rings is 2. The van der Waals surface area contributed by atoms with Gasteiger partial charge in [0, 0.05) is 17.5 Å². The molecule has 0 saturated heterocycles. The van der Waals surface area contributed by atoms with Crippen LogP contribution in [-0.4, -0.2) is 37.8 Å². The highest BCUT2D eigenvalue weighted by Crippen LogP contribution is 2.41. The van der Waals surface area contributed by atoms with Gasteiger partial charge in [-0.2, -0.15) is 0 Å². The number of para-hydroxylation sites is 1. The van der Waals surface area contributed by atoms with Crippen molar-refractivity contribution in [3.8, 4) is 28.6 Å². The standard InChI is InChI=1S/C21H25N3O3/c1-5-6-11-22-21-15-9-7-8-10-16(15)23-20(24-21)14-12-17(25-2)19(27-4)18(13-14)26-3/h7-10,12-13H,5-6,11H2,1-4H3,(H,22,23,24). The topological polar surface area (TPSA) is 65.5 Å². The number of hydrogen-bond acceptors (Lipinski definition) is 6. The maximum atomic E-state index is 5.46. The summed E-state index contributed by atoms with van der Waals surface area (Å²) in [5.74, 6) is 3.13. The summed E-state index contributed by atoms with van der Waals surface area (Å²) in [5.41, 5.74) is 1.68. The molecule has 27 heavy (non-hydrogen) atoms. The average molecular weight is 367 g/mol. The zero-order chi connectivity index (χ0) is 19.2. The molecule has 2 aromatic carbocycles. The Bertz CT molecular complexity index is 903. The molecule has 0 bridgehead atoms. The van der Waals surface area contributed by atoms with Gasteiger partial charge in [0.15, 0.2) is 17.3 Å². The van der Waals surface area contributed by atoms with Gasteiger partial charge >= 0.3 is 0 Å². The fraction of sp³-hybridized carbons (Fsp3) is 0.333. The number of hydrogen-bond donors (Lipinski definition) is 1. The van der Waals surface area contributed by atoms with Gasteiger partial charge in [0.25, 0.3) is 0 Å². The van der Waals surface area contributed by atoms with Crippen LogP contribution in [-0.2, 0) is 0 Å². The molecule has 142 valence electrons. The molecule has 0 radical (unpaired) electrons. The second kappa shape index (κ2) is 8.58. The van der Waals surface area contributed by atoms with Crippen molar-refractivity contribution in [3.63, 3.8) is 0 Å². The highest BCUT2D eigenvalue weighted by Gasteiger charge is 2.17. The lowest BCUT2D eigenvalue weighted by molar-refractivity contribution is 0.324. The lowest BCUT2D eigenvalue weighted by atomic mass is 10.1. The first-order valence-electron chi connectivity index (χ1n) is 9.02. The van der Waals surface area contributed by atoms with Crippen LogP contribution in [0.25, 0.3) is 22.3 Å². The largest absolute Gasteiger partial charge is 0.493 e. The van der Waals surface area contributed by atoms with E-state index in [-0.39, 0.29) is 0 Å². The Kier molecular flexibility index (Phi) is 5.96. The van der Waals surface area contributed by atoms with Gasteiger partial charge in [0.1, 0.15) is 5.82 Å². The van der Waals surface area contributed by atoms with Gasteiger partial charge in [-0.25, -0.2) is 9.97 Å². The molecule has 0 aliphatic carbocycles. The van der Waals surface area contributed by atoms with Crippen molar-refractivity contribution in [2.75, 3.05) is 33.2 Å². The summed E-state index contributed by atoms with van der Waals surface area (Å²) in [6, 6.07) is 11.7. The number of nitrogens with zero attached hydrogens (tertiary/aromatic N) is 2. The van der Waals surface area contributed by atoms with E-state index in [4.69, 9.17) is 24.2 Å². The lowest BCUT2D eigenvalue weighted by Gasteiger charge is -2.15. The molecule has 6 nitrogen and oxygen atoms in total. The minimum absolute atomic E-state index is 0.547. The van der Waals surface area contributed by atoms with E-state index in [9.17, 15) is 0 Å². The predicted octanol–water partition coefficient (Wildman–Crippen LogP) is 4.53.